The lowest BCUT2D eigenvalue weighted by atomic mass is 9.97. The molecule has 0 saturated carbocycles. The minimum absolute atomic E-state index is 0.189. The molecule has 1 fully saturated rings. The summed E-state index contributed by atoms with van der Waals surface area (Å²) in [5.74, 6) is 0. The second-order valence-electron chi connectivity index (χ2n) is 6.45. The largest absolute Gasteiger partial charge is 0.394 e. The molecule has 2 aromatic rings. The maximum Gasteiger partial charge on any atom is 0.154 e. The van der Waals surface area contributed by atoms with Gasteiger partial charge in [-0.1, -0.05) is 11.8 Å². The van der Waals surface area contributed by atoms with Crippen molar-refractivity contribution >= 4 is 44.7 Å². The number of aromatic nitrogens is 2. The van der Waals surface area contributed by atoms with Crippen LogP contribution in [-0.2, 0) is 4.74 Å². The number of halogens is 1. The molecular formula is C17H17BrN6O4S2. The monoisotopic (exact) mass is 512 g/mol. The first-order valence-electron chi connectivity index (χ1n) is 8.78. The predicted molar refractivity (Wildman–Crippen MR) is 112 cm³/mol. The molecule has 4 heterocycles. The molecule has 0 spiro atoms. The van der Waals surface area contributed by atoms with E-state index >= 15 is 0 Å². The van der Waals surface area contributed by atoms with Gasteiger partial charge in [-0.2, -0.15) is 5.26 Å². The van der Waals surface area contributed by atoms with Crippen LogP contribution in [0.3, 0.4) is 0 Å². The van der Waals surface area contributed by atoms with Gasteiger partial charge in [0.1, 0.15) is 46.6 Å². The molecule has 4 rings (SSSR count). The molecule has 0 bridgehead atoms. The third kappa shape index (κ3) is 4.18. The zero-order valence-electron chi connectivity index (χ0n) is 15.2. The summed E-state index contributed by atoms with van der Waals surface area (Å²) >= 11 is 5.87. The van der Waals surface area contributed by atoms with Crippen molar-refractivity contribution in [2.75, 3.05) is 6.61 Å². The maximum atomic E-state index is 11.0. The number of ether oxygens (including phenoxy) is 1. The van der Waals surface area contributed by atoms with Crippen LogP contribution >= 0.6 is 39.0 Å². The van der Waals surface area contributed by atoms with E-state index in [2.05, 4.69) is 36.9 Å². The van der Waals surface area contributed by atoms with Crippen LogP contribution in [0.5, 0.6) is 0 Å². The average molecular weight is 513 g/mol. The summed E-state index contributed by atoms with van der Waals surface area (Å²) in [7, 11) is 0. The highest BCUT2D eigenvalue weighted by Gasteiger charge is 2.48. The molecule has 1 saturated heterocycles. The Kier molecular flexibility index (Phi) is 6.56. The first-order valence-corrected chi connectivity index (χ1v) is 11.3. The zero-order chi connectivity index (χ0) is 21.3. The zero-order valence-corrected chi connectivity index (χ0v) is 18.4. The van der Waals surface area contributed by atoms with E-state index in [4.69, 9.17) is 4.74 Å². The molecule has 5 N–H and O–H groups in total. The highest BCUT2D eigenvalue weighted by Crippen LogP contribution is 2.37. The van der Waals surface area contributed by atoms with Crippen LogP contribution in [0.15, 0.2) is 39.4 Å². The lowest BCUT2D eigenvalue weighted by Gasteiger charge is -2.45. The Bertz CT molecular complexity index is 972. The highest BCUT2D eigenvalue weighted by atomic mass is 79.9. The number of hydrogen-bond acceptors (Lipinski definition) is 12. The molecule has 2 aliphatic heterocycles. The van der Waals surface area contributed by atoms with Gasteiger partial charge in [-0.3, -0.25) is 10.4 Å². The summed E-state index contributed by atoms with van der Waals surface area (Å²) in [6.45, 7) is -0.437. The third-order valence-electron chi connectivity index (χ3n) is 4.59. The normalized spacial score (nSPS) is 28.7. The quantitative estimate of drug-likeness (QED) is 0.379. The highest BCUT2D eigenvalue weighted by molar-refractivity contribution is 9.10. The predicted octanol–water partition coefficient (Wildman–Crippen LogP) is 0.395. The van der Waals surface area contributed by atoms with Crippen LogP contribution < -0.4 is 11.0 Å². The Labute approximate surface area is 188 Å². The lowest BCUT2D eigenvalue weighted by Crippen LogP contribution is -2.65. The van der Waals surface area contributed by atoms with Gasteiger partial charge >= 0.3 is 0 Å². The molecule has 0 aliphatic carbocycles. The molecule has 2 aromatic heterocycles. The van der Waals surface area contributed by atoms with E-state index in [1.807, 2.05) is 11.4 Å². The van der Waals surface area contributed by atoms with Gasteiger partial charge < -0.3 is 20.1 Å². The maximum absolute atomic E-state index is 11.0. The van der Waals surface area contributed by atoms with Crippen molar-refractivity contribution in [3.05, 3.63) is 45.2 Å². The fraction of sp³-hybridized carbons (Fsp3) is 0.353. The van der Waals surface area contributed by atoms with Gasteiger partial charge in [-0.05, 0) is 22.0 Å². The Morgan fingerprint density at radius 1 is 1.37 bits per heavy atom. The lowest BCUT2D eigenvalue weighted by molar-refractivity contribution is -0.189. The van der Waals surface area contributed by atoms with Crippen molar-refractivity contribution in [3.8, 4) is 6.07 Å². The topological polar surface area (TPSA) is 147 Å². The number of nitrogens with one attached hydrogen (secondary N) is 2. The summed E-state index contributed by atoms with van der Waals surface area (Å²) in [6.07, 6.45) is 1.60. The first-order chi connectivity index (χ1) is 14.5. The van der Waals surface area contributed by atoms with Crippen molar-refractivity contribution in [2.45, 2.75) is 34.7 Å². The number of nitriles is 1. The Morgan fingerprint density at radius 3 is 2.90 bits per heavy atom. The number of hydrazine groups is 2. The molecule has 0 aromatic carbocycles. The third-order valence-corrected chi connectivity index (χ3v) is 7.02. The van der Waals surface area contributed by atoms with Crippen molar-refractivity contribution < 1.29 is 20.1 Å². The molecule has 0 amide bonds. The number of hydrogen-bond donors (Lipinski definition) is 5. The minimum atomic E-state index is -1.18. The van der Waals surface area contributed by atoms with Gasteiger partial charge in [0.15, 0.2) is 5.69 Å². The van der Waals surface area contributed by atoms with Crippen molar-refractivity contribution in [3.63, 3.8) is 0 Å². The standard InChI is InChI=1S/C17H17BrN6O4S2/c18-8-3-12(9(4-19)21-5-8)30-17-15(27)13(14(26)11(7-25)28-17)24-6-10(22-23-24)16-20-1-2-29-16/h1-3,5-6,11,13-15,17,22-23,25-27H,7H2/t11?,13?,14-,15?,17+/m0/s1. The Hall–Kier alpha value is -1.76. The van der Waals surface area contributed by atoms with E-state index in [-0.39, 0.29) is 5.69 Å². The molecular weight excluding hydrogens is 496 g/mol. The van der Waals surface area contributed by atoms with E-state index in [0.29, 0.717) is 15.1 Å². The minimum Gasteiger partial charge on any atom is -0.394 e. The molecule has 5 atom stereocenters. The SMILES string of the molecule is N#Cc1ncc(Br)cc1S[C@H]1OC(CO)[C@H](O)C(N2C=C(c3nccs3)NN2)C1O. The fourth-order valence-electron chi connectivity index (χ4n) is 3.17. The molecule has 30 heavy (non-hydrogen) atoms. The first kappa shape index (κ1) is 21.5. The van der Waals surface area contributed by atoms with Gasteiger partial charge in [0.25, 0.3) is 0 Å². The molecule has 2 aliphatic rings. The number of thioether (sulfide) groups is 1. The van der Waals surface area contributed by atoms with E-state index in [1.165, 1.54) is 22.5 Å². The van der Waals surface area contributed by atoms with Crippen LogP contribution in [0.4, 0.5) is 0 Å². The van der Waals surface area contributed by atoms with Crippen molar-refractivity contribution in [1.29, 1.82) is 5.26 Å². The van der Waals surface area contributed by atoms with Gasteiger partial charge in [0.05, 0.1) is 6.61 Å². The second kappa shape index (κ2) is 9.16. The van der Waals surface area contributed by atoms with Crippen LogP contribution in [0, 0.1) is 11.3 Å². The summed E-state index contributed by atoms with van der Waals surface area (Å²) in [6, 6.07) is 2.87. The van der Waals surface area contributed by atoms with Gasteiger partial charge in [-0.15, -0.1) is 16.9 Å². The summed E-state index contributed by atoms with van der Waals surface area (Å²) in [5, 5.41) is 44.9. The molecule has 158 valence electrons. The number of thiazole rings is 1. The van der Waals surface area contributed by atoms with E-state index in [0.717, 1.165) is 16.8 Å². The molecule has 13 heteroatoms. The van der Waals surface area contributed by atoms with Crippen LogP contribution in [0.1, 0.15) is 10.7 Å². The van der Waals surface area contributed by atoms with Crippen LogP contribution in [-0.4, -0.2) is 66.7 Å². The van der Waals surface area contributed by atoms with Crippen molar-refractivity contribution in [1.82, 2.24) is 25.9 Å². The fourth-order valence-corrected chi connectivity index (χ4v) is 5.41. The Balaban J connectivity index is 1.60. The van der Waals surface area contributed by atoms with E-state index < -0.39 is 36.4 Å². The Morgan fingerprint density at radius 2 is 2.20 bits per heavy atom. The molecule has 0 radical (unpaired) electrons. The van der Waals surface area contributed by atoms with Crippen LogP contribution in [0.2, 0.25) is 0 Å². The summed E-state index contributed by atoms with van der Waals surface area (Å²) in [4.78, 5) is 8.80. The van der Waals surface area contributed by atoms with Gasteiger partial charge in [-0.25, -0.2) is 9.97 Å². The van der Waals surface area contributed by atoms with Crippen LogP contribution in [0.25, 0.3) is 5.70 Å². The number of pyridine rings is 1. The summed E-state index contributed by atoms with van der Waals surface area (Å²) < 4.78 is 6.42. The number of nitrogens with zero attached hydrogens (tertiary/aromatic N) is 4. The second-order valence-corrected chi connectivity index (χ2v) is 9.40. The molecule has 10 nitrogen and oxygen atoms in total. The summed E-state index contributed by atoms with van der Waals surface area (Å²) in [5.41, 5.74) is 5.88. The molecule has 3 unspecified atom stereocenters. The number of aliphatic hydroxyl groups is 3. The average Bonchev–Trinajstić information content (AvgIpc) is 3.42. The number of aliphatic hydroxyl groups excluding tert-OH is 3. The number of rotatable bonds is 5. The van der Waals surface area contributed by atoms with Gasteiger partial charge in [0, 0.05) is 33.3 Å². The van der Waals surface area contributed by atoms with Gasteiger partial charge in [0.2, 0.25) is 0 Å². The van der Waals surface area contributed by atoms with E-state index in [9.17, 15) is 20.6 Å². The van der Waals surface area contributed by atoms with E-state index in [1.54, 1.807) is 18.5 Å². The van der Waals surface area contributed by atoms with Crippen molar-refractivity contribution in [2.24, 2.45) is 0 Å². The smallest absolute Gasteiger partial charge is 0.154 e.